The van der Waals surface area contributed by atoms with Crippen molar-refractivity contribution in [2.45, 2.75) is 20.0 Å². The molecule has 0 saturated heterocycles. The van der Waals surface area contributed by atoms with E-state index in [2.05, 4.69) is 0 Å². The monoisotopic (exact) mass is 274 g/mol. The Balaban J connectivity index is 2.78. The molecule has 0 radical (unpaired) electrons. The molecule has 1 aromatic rings. The zero-order valence-corrected chi connectivity index (χ0v) is 11.4. The Morgan fingerprint density at radius 1 is 1.11 bits per heavy atom. The number of hydrogen-bond acceptors (Lipinski definition) is 4. The molecule has 0 aliphatic heterocycles. The highest BCUT2D eigenvalue weighted by molar-refractivity contribution is 6.18. The molecule has 18 heavy (non-hydrogen) atoms. The van der Waals surface area contributed by atoms with Gasteiger partial charge in [0.25, 0.3) is 0 Å². The highest BCUT2D eigenvalue weighted by Crippen LogP contribution is 2.31. The van der Waals surface area contributed by atoms with Crippen molar-refractivity contribution < 1.29 is 19.3 Å². The standard InChI is InChI=1S/C13H19ClO4/c1-3-16-11-5-6-12(17-4-2)13(7-11)18-9-10(15)8-14/h5-7,10,15H,3-4,8-9H2,1-2H3. The van der Waals surface area contributed by atoms with Crippen molar-refractivity contribution in [3.8, 4) is 17.2 Å². The van der Waals surface area contributed by atoms with Crippen molar-refractivity contribution in [1.29, 1.82) is 0 Å². The molecule has 1 N–H and O–H groups in total. The number of benzene rings is 1. The minimum atomic E-state index is -0.697. The highest BCUT2D eigenvalue weighted by Gasteiger charge is 2.10. The van der Waals surface area contributed by atoms with Crippen LogP contribution in [0.3, 0.4) is 0 Å². The molecule has 1 aromatic carbocycles. The summed E-state index contributed by atoms with van der Waals surface area (Å²) in [6.45, 7) is 5.06. The van der Waals surface area contributed by atoms with E-state index < -0.39 is 6.10 Å². The lowest BCUT2D eigenvalue weighted by Gasteiger charge is -2.15. The summed E-state index contributed by atoms with van der Waals surface area (Å²) in [5.74, 6) is 2.01. The molecule has 0 spiro atoms. The molecular weight excluding hydrogens is 256 g/mol. The van der Waals surface area contributed by atoms with Gasteiger partial charge in [-0.25, -0.2) is 0 Å². The van der Waals surface area contributed by atoms with E-state index in [-0.39, 0.29) is 12.5 Å². The maximum Gasteiger partial charge on any atom is 0.164 e. The summed E-state index contributed by atoms with van der Waals surface area (Å²) in [7, 11) is 0. The first-order chi connectivity index (χ1) is 8.71. The molecular formula is C13H19ClO4. The Hall–Kier alpha value is -1.13. The van der Waals surface area contributed by atoms with Crippen LogP contribution in [0.5, 0.6) is 17.2 Å². The van der Waals surface area contributed by atoms with Crippen LogP contribution in [0.15, 0.2) is 18.2 Å². The van der Waals surface area contributed by atoms with E-state index in [0.29, 0.717) is 30.5 Å². The van der Waals surface area contributed by atoms with E-state index in [1.165, 1.54) is 0 Å². The summed E-state index contributed by atoms with van der Waals surface area (Å²) in [6, 6.07) is 5.35. The number of ether oxygens (including phenoxy) is 3. The predicted octanol–water partition coefficient (Wildman–Crippen LogP) is 2.46. The van der Waals surface area contributed by atoms with Gasteiger partial charge in [0.2, 0.25) is 0 Å². The quantitative estimate of drug-likeness (QED) is 0.740. The summed E-state index contributed by atoms with van der Waals surface area (Å²) in [5.41, 5.74) is 0. The summed E-state index contributed by atoms with van der Waals surface area (Å²) in [5, 5.41) is 9.38. The second kappa shape index (κ2) is 8.06. The zero-order chi connectivity index (χ0) is 13.4. The van der Waals surface area contributed by atoms with E-state index in [1.54, 1.807) is 12.1 Å². The van der Waals surface area contributed by atoms with Gasteiger partial charge in [-0.1, -0.05) is 0 Å². The van der Waals surface area contributed by atoms with Crippen molar-refractivity contribution in [1.82, 2.24) is 0 Å². The van der Waals surface area contributed by atoms with Gasteiger partial charge in [0, 0.05) is 6.07 Å². The SMILES string of the molecule is CCOc1ccc(OCC)c(OCC(O)CCl)c1. The van der Waals surface area contributed by atoms with Crippen LogP contribution in [0.2, 0.25) is 0 Å². The Labute approximate surface area is 112 Å². The lowest BCUT2D eigenvalue weighted by molar-refractivity contribution is 0.122. The fourth-order valence-corrected chi connectivity index (χ4v) is 1.45. The van der Waals surface area contributed by atoms with Gasteiger partial charge in [0.05, 0.1) is 19.1 Å². The van der Waals surface area contributed by atoms with Crippen molar-refractivity contribution in [3.05, 3.63) is 18.2 Å². The summed E-state index contributed by atoms with van der Waals surface area (Å²) in [6.07, 6.45) is -0.697. The number of halogens is 1. The maximum absolute atomic E-state index is 9.38. The molecule has 5 heteroatoms. The van der Waals surface area contributed by atoms with Gasteiger partial charge in [0.1, 0.15) is 18.5 Å². The number of aliphatic hydroxyl groups excluding tert-OH is 1. The molecule has 0 heterocycles. The lowest BCUT2D eigenvalue weighted by Crippen LogP contribution is -2.19. The van der Waals surface area contributed by atoms with Crippen LogP contribution in [-0.2, 0) is 0 Å². The second-order valence-corrected chi connectivity index (χ2v) is 3.90. The Bertz CT molecular complexity index is 357. The molecule has 0 aliphatic rings. The van der Waals surface area contributed by atoms with Crippen LogP contribution in [0.4, 0.5) is 0 Å². The fourth-order valence-electron chi connectivity index (χ4n) is 1.36. The van der Waals surface area contributed by atoms with Crippen molar-refractivity contribution >= 4 is 11.6 Å². The molecule has 1 unspecified atom stereocenters. The first-order valence-electron chi connectivity index (χ1n) is 5.97. The topological polar surface area (TPSA) is 47.9 Å². The Kier molecular flexibility index (Phi) is 6.68. The Morgan fingerprint density at radius 2 is 1.83 bits per heavy atom. The summed E-state index contributed by atoms with van der Waals surface area (Å²) >= 11 is 5.51. The van der Waals surface area contributed by atoms with Crippen LogP contribution in [-0.4, -0.2) is 36.9 Å². The smallest absolute Gasteiger partial charge is 0.164 e. The van der Waals surface area contributed by atoms with Crippen LogP contribution < -0.4 is 14.2 Å². The van der Waals surface area contributed by atoms with E-state index in [1.807, 2.05) is 19.9 Å². The number of alkyl halides is 1. The normalized spacial score (nSPS) is 12.0. The van der Waals surface area contributed by atoms with Crippen LogP contribution >= 0.6 is 11.6 Å². The van der Waals surface area contributed by atoms with Crippen LogP contribution in [0.1, 0.15) is 13.8 Å². The van der Waals surface area contributed by atoms with Crippen molar-refractivity contribution in [2.75, 3.05) is 25.7 Å². The van der Waals surface area contributed by atoms with Crippen molar-refractivity contribution in [3.63, 3.8) is 0 Å². The van der Waals surface area contributed by atoms with Crippen LogP contribution in [0, 0.1) is 0 Å². The van der Waals surface area contributed by atoms with E-state index in [0.717, 1.165) is 0 Å². The van der Waals surface area contributed by atoms with Gasteiger partial charge in [0.15, 0.2) is 11.5 Å². The molecule has 0 fully saturated rings. The third-order valence-corrected chi connectivity index (χ3v) is 2.49. The van der Waals surface area contributed by atoms with Gasteiger partial charge in [-0.05, 0) is 26.0 Å². The summed E-state index contributed by atoms with van der Waals surface area (Å²) < 4.78 is 16.3. The number of aliphatic hydroxyl groups is 1. The minimum Gasteiger partial charge on any atom is -0.494 e. The summed E-state index contributed by atoms with van der Waals surface area (Å²) in [4.78, 5) is 0. The van der Waals surface area contributed by atoms with E-state index in [4.69, 9.17) is 25.8 Å². The van der Waals surface area contributed by atoms with E-state index in [9.17, 15) is 5.11 Å². The predicted molar refractivity (Wildman–Crippen MR) is 71.0 cm³/mol. The number of rotatable bonds is 8. The van der Waals surface area contributed by atoms with Crippen LogP contribution in [0.25, 0.3) is 0 Å². The van der Waals surface area contributed by atoms with Crippen molar-refractivity contribution in [2.24, 2.45) is 0 Å². The third kappa shape index (κ3) is 4.63. The molecule has 0 saturated carbocycles. The number of hydrogen-bond donors (Lipinski definition) is 1. The van der Waals surface area contributed by atoms with Gasteiger partial charge in [-0.15, -0.1) is 11.6 Å². The van der Waals surface area contributed by atoms with Gasteiger partial charge in [-0.3, -0.25) is 0 Å². The highest BCUT2D eigenvalue weighted by atomic mass is 35.5. The molecule has 0 bridgehead atoms. The first-order valence-corrected chi connectivity index (χ1v) is 6.51. The largest absolute Gasteiger partial charge is 0.494 e. The molecule has 1 atom stereocenters. The minimum absolute atomic E-state index is 0.124. The zero-order valence-electron chi connectivity index (χ0n) is 10.7. The average molecular weight is 275 g/mol. The van der Waals surface area contributed by atoms with Gasteiger partial charge in [-0.2, -0.15) is 0 Å². The molecule has 0 amide bonds. The van der Waals surface area contributed by atoms with E-state index >= 15 is 0 Å². The Morgan fingerprint density at radius 3 is 2.44 bits per heavy atom. The molecule has 0 aliphatic carbocycles. The molecule has 0 aromatic heterocycles. The third-order valence-electron chi connectivity index (χ3n) is 2.14. The second-order valence-electron chi connectivity index (χ2n) is 3.59. The molecule has 1 rings (SSSR count). The van der Waals surface area contributed by atoms with Gasteiger partial charge < -0.3 is 19.3 Å². The average Bonchev–Trinajstić information content (AvgIpc) is 2.39. The molecule has 102 valence electrons. The molecule has 4 nitrogen and oxygen atoms in total. The lowest BCUT2D eigenvalue weighted by atomic mass is 10.3. The maximum atomic E-state index is 9.38. The first kappa shape index (κ1) is 14.9. The fraction of sp³-hybridized carbons (Fsp3) is 0.538. The van der Waals surface area contributed by atoms with Gasteiger partial charge >= 0.3 is 0 Å².